The largest absolute Gasteiger partial charge is 0.489 e. The molecule has 0 aliphatic carbocycles. The molecule has 2 aromatic rings. The quantitative estimate of drug-likeness (QED) is 0.850. The lowest BCUT2D eigenvalue weighted by atomic mass is 10.3. The Hall–Kier alpha value is -2.02. The lowest BCUT2D eigenvalue weighted by Gasteiger charge is -2.07. The monoisotopic (exact) mass is 296 g/mol. The first-order valence-corrected chi connectivity index (χ1v) is 6.75. The van der Waals surface area contributed by atoms with E-state index in [1.165, 1.54) is 6.07 Å². The van der Waals surface area contributed by atoms with Gasteiger partial charge in [0.2, 0.25) is 0 Å². The van der Waals surface area contributed by atoms with Crippen molar-refractivity contribution in [2.24, 2.45) is 0 Å². The minimum absolute atomic E-state index is 0.0261. The van der Waals surface area contributed by atoms with Crippen molar-refractivity contribution in [3.63, 3.8) is 0 Å². The van der Waals surface area contributed by atoms with Crippen LogP contribution in [-0.2, 0) is 13.1 Å². The summed E-state index contributed by atoms with van der Waals surface area (Å²) in [5.41, 5.74) is 0.830. The van der Waals surface area contributed by atoms with E-state index >= 15 is 0 Å². The molecule has 0 unspecified atom stereocenters. The molecule has 1 N–H and O–H groups in total. The fraction of sp³-hybridized carbons (Fsp3) is 0.429. The van der Waals surface area contributed by atoms with Gasteiger partial charge in [-0.1, -0.05) is 19.1 Å². The van der Waals surface area contributed by atoms with E-state index in [9.17, 15) is 8.78 Å². The number of hydrogen-bond donors (Lipinski definition) is 1. The molecule has 0 atom stereocenters. The second-order valence-corrected chi connectivity index (χ2v) is 4.93. The van der Waals surface area contributed by atoms with E-state index in [0.717, 1.165) is 17.8 Å². The maximum Gasteiger partial charge on any atom is 0.167 e. The molecule has 0 aliphatic rings. The maximum atomic E-state index is 13.3. The number of nitrogens with one attached hydrogen (secondary N) is 1. The second-order valence-electron chi connectivity index (χ2n) is 4.93. The van der Waals surface area contributed by atoms with Gasteiger partial charge in [-0.3, -0.25) is 0 Å². The summed E-state index contributed by atoms with van der Waals surface area (Å²) in [7, 11) is 0. The van der Waals surface area contributed by atoms with Gasteiger partial charge in [0, 0.05) is 24.8 Å². The molecule has 0 spiro atoms. The van der Waals surface area contributed by atoms with Gasteiger partial charge in [0.25, 0.3) is 0 Å². The maximum absolute atomic E-state index is 13.3. The Bertz CT molecular complexity index is 586. The zero-order valence-electron chi connectivity index (χ0n) is 12.0. The molecular weight excluding hydrogens is 278 g/mol. The van der Waals surface area contributed by atoms with Gasteiger partial charge in [0.1, 0.15) is 12.4 Å². The molecule has 7 heteroatoms. The molecule has 114 valence electrons. The van der Waals surface area contributed by atoms with E-state index in [1.807, 2.05) is 0 Å². The summed E-state index contributed by atoms with van der Waals surface area (Å²) in [5, 5.41) is 11.2. The molecule has 1 aromatic heterocycles. The van der Waals surface area contributed by atoms with Crippen molar-refractivity contribution >= 4 is 0 Å². The Balaban J connectivity index is 1.80. The average Bonchev–Trinajstić information content (AvgIpc) is 2.87. The summed E-state index contributed by atoms with van der Waals surface area (Å²) in [6.07, 6.45) is 1.81. The van der Waals surface area contributed by atoms with Crippen LogP contribution in [0.3, 0.4) is 0 Å². The summed E-state index contributed by atoms with van der Waals surface area (Å²) in [4.78, 5) is 0. The number of rotatable bonds is 7. The van der Waals surface area contributed by atoms with Crippen molar-refractivity contribution in [3.05, 3.63) is 41.7 Å². The molecule has 1 aromatic carbocycles. The predicted octanol–water partition coefficient (Wildman–Crippen LogP) is 2.13. The number of ether oxygens (including phenoxy) is 1. The normalized spacial score (nSPS) is 11.1. The fourth-order valence-electron chi connectivity index (χ4n) is 1.68. The molecule has 0 fully saturated rings. The van der Waals surface area contributed by atoms with Crippen molar-refractivity contribution in [2.75, 3.05) is 6.61 Å². The Morgan fingerprint density at radius 1 is 1.33 bits per heavy atom. The van der Waals surface area contributed by atoms with Gasteiger partial charge >= 0.3 is 0 Å². The van der Waals surface area contributed by atoms with Gasteiger partial charge in [-0.05, 0) is 12.1 Å². The van der Waals surface area contributed by atoms with Crippen LogP contribution in [0.4, 0.5) is 8.78 Å². The summed E-state index contributed by atoms with van der Waals surface area (Å²) >= 11 is 0. The third-order valence-electron chi connectivity index (χ3n) is 2.75. The van der Waals surface area contributed by atoms with Crippen LogP contribution >= 0.6 is 0 Å². The standard InChI is InChI=1S/C14H18F2N4O/c1-10(2)17-8-12-9-20(19-18-12)5-6-21-14-4-3-11(15)7-13(14)16/h3-4,7,9-10,17H,5-6,8H2,1-2H3. The molecule has 0 saturated heterocycles. The van der Waals surface area contributed by atoms with E-state index in [0.29, 0.717) is 19.1 Å². The minimum atomic E-state index is -0.713. The van der Waals surface area contributed by atoms with Crippen LogP contribution < -0.4 is 10.1 Å². The van der Waals surface area contributed by atoms with Crippen molar-refractivity contribution in [1.82, 2.24) is 20.3 Å². The molecule has 1 heterocycles. The van der Waals surface area contributed by atoms with Gasteiger partial charge in [0.05, 0.1) is 12.2 Å². The molecule has 0 saturated carbocycles. The Morgan fingerprint density at radius 2 is 2.14 bits per heavy atom. The van der Waals surface area contributed by atoms with Crippen molar-refractivity contribution in [3.8, 4) is 5.75 Å². The number of halogens is 2. The van der Waals surface area contributed by atoms with Crippen LogP contribution in [0.5, 0.6) is 5.75 Å². The van der Waals surface area contributed by atoms with E-state index < -0.39 is 11.6 Å². The first-order chi connectivity index (χ1) is 10.0. The topological polar surface area (TPSA) is 52.0 Å². The van der Waals surface area contributed by atoms with Gasteiger partial charge < -0.3 is 10.1 Å². The van der Waals surface area contributed by atoms with Crippen LogP contribution in [0.1, 0.15) is 19.5 Å². The smallest absolute Gasteiger partial charge is 0.167 e. The van der Waals surface area contributed by atoms with E-state index in [-0.39, 0.29) is 12.4 Å². The minimum Gasteiger partial charge on any atom is -0.489 e. The zero-order valence-corrected chi connectivity index (χ0v) is 12.0. The van der Waals surface area contributed by atoms with Gasteiger partial charge in [-0.15, -0.1) is 5.10 Å². The van der Waals surface area contributed by atoms with Crippen LogP contribution in [0, 0.1) is 11.6 Å². The average molecular weight is 296 g/mol. The van der Waals surface area contributed by atoms with Crippen molar-refractivity contribution < 1.29 is 13.5 Å². The summed E-state index contributed by atoms with van der Waals surface area (Å²) in [6, 6.07) is 3.59. The third kappa shape index (κ3) is 4.78. The lowest BCUT2D eigenvalue weighted by Crippen LogP contribution is -2.21. The van der Waals surface area contributed by atoms with Gasteiger partial charge in [-0.2, -0.15) is 0 Å². The summed E-state index contributed by atoms with van der Waals surface area (Å²) in [6.45, 7) is 5.41. The highest BCUT2D eigenvalue weighted by molar-refractivity contribution is 5.24. The van der Waals surface area contributed by atoms with Gasteiger partial charge in [-0.25, -0.2) is 13.5 Å². The summed E-state index contributed by atoms with van der Waals surface area (Å²) in [5.74, 6) is -1.31. The van der Waals surface area contributed by atoms with Crippen molar-refractivity contribution in [1.29, 1.82) is 0 Å². The SMILES string of the molecule is CC(C)NCc1cn(CCOc2ccc(F)cc2F)nn1. The highest BCUT2D eigenvalue weighted by Crippen LogP contribution is 2.17. The van der Waals surface area contributed by atoms with Crippen LogP contribution in [0.15, 0.2) is 24.4 Å². The molecule has 0 amide bonds. The van der Waals surface area contributed by atoms with Gasteiger partial charge in [0.15, 0.2) is 11.6 Å². The van der Waals surface area contributed by atoms with Crippen molar-refractivity contribution in [2.45, 2.75) is 33.0 Å². The first kappa shape index (κ1) is 15.4. The molecule has 0 aliphatic heterocycles. The Kier molecular flexibility index (Phi) is 5.21. The van der Waals surface area contributed by atoms with Crippen LogP contribution in [-0.4, -0.2) is 27.6 Å². The number of hydrogen-bond acceptors (Lipinski definition) is 4. The highest BCUT2D eigenvalue weighted by atomic mass is 19.1. The molecular formula is C14H18F2N4O. The van der Waals surface area contributed by atoms with Crippen LogP contribution in [0.25, 0.3) is 0 Å². The molecule has 21 heavy (non-hydrogen) atoms. The second kappa shape index (κ2) is 7.12. The number of aromatic nitrogens is 3. The van der Waals surface area contributed by atoms with E-state index in [2.05, 4.69) is 29.5 Å². The van der Waals surface area contributed by atoms with E-state index in [4.69, 9.17) is 4.74 Å². The fourth-order valence-corrected chi connectivity index (χ4v) is 1.68. The predicted molar refractivity (Wildman–Crippen MR) is 73.9 cm³/mol. The van der Waals surface area contributed by atoms with E-state index in [1.54, 1.807) is 10.9 Å². The lowest BCUT2D eigenvalue weighted by molar-refractivity contribution is 0.276. The Labute approximate surface area is 121 Å². The molecule has 0 radical (unpaired) electrons. The molecule has 5 nitrogen and oxygen atoms in total. The number of benzene rings is 1. The molecule has 2 rings (SSSR count). The summed E-state index contributed by atoms with van der Waals surface area (Å²) < 4.78 is 33.0. The molecule has 0 bridgehead atoms. The van der Waals surface area contributed by atoms with Crippen LogP contribution in [0.2, 0.25) is 0 Å². The zero-order chi connectivity index (χ0) is 15.2. The third-order valence-corrected chi connectivity index (χ3v) is 2.75. The first-order valence-electron chi connectivity index (χ1n) is 6.75. The Morgan fingerprint density at radius 3 is 2.86 bits per heavy atom. The number of nitrogens with zero attached hydrogens (tertiary/aromatic N) is 3. The highest BCUT2D eigenvalue weighted by Gasteiger charge is 2.06.